The molecule has 0 saturated heterocycles. The molecule has 0 heterocycles. The topological polar surface area (TPSA) is 66.4 Å². The average molecular weight is 593 g/mol. The lowest BCUT2D eigenvalue weighted by atomic mass is 10.1. The van der Waals surface area contributed by atoms with E-state index < -0.39 is 33.4 Å². The molecule has 0 spiro atoms. The first kappa shape index (κ1) is 31.3. The van der Waals surface area contributed by atoms with Crippen LogP contribution in [0.4, 0.5) is 39.5 Å². The molecule has 0 aliphatic heterocycles. The lowest BCUT2D eigenvalue weighted by Crippen LogP contribution is -2.63. The van der Waals surface area contributed by atoms with E-state index in [1.54, 1.807) is 7.11 Å². The van der Waals surface area contributed by atoms with Gasteiger partial charge in [0.25, 0.3) is 0 Å². The first-order valence-corrected chi connectivity index (χ1v) is 12.7. The number of benzene rings is 3. The van der Waals surface area contributed by atoms with E-state index in [2.05, 4.69) is 78.9 Å². The van der Waals surface area contributed by atoms with E-state index in [1.165, 1.54) is 14.7 Å². The van der Waals surface area contributed by atoms with Gasteiger partial charge >= 0.3 is 23.3 Å². The summed E-state index contributed by atoms with van der Waals surface area (Å²) in [5, 5.41) is -7.11. The third-order valence-electron chi connectivity index (χ3n) is 4.66. The highest BCUT2D eigenvalue weighted by Crippen LogP contribution is 2.54. The number of alkyl halides is 9. The van der Waals surface area contributed by atoms with Crippen molar-refractivity contribution >= 4 is 21.0 Å². The van der Waals surface area contributed by atoms with E-state index in [1.807, 2.05) is 6.07 Å². The molecule has 0 amide bonds. The lowest BCUT2D eigenvalue weighted by Gasteiger charge is -2.34. The van der Waals surface area contributed by atoms with Crippen LogP contribution in [0, 0.1) is 0 Å². The largest absolute Gasteiger partial charge is 0.743 e. The van der Waals surface area contributed by atoms with Crippen LogP contribution in [0.1, 0.15) is 0 Å². The van der Waals surface area contributed by atoms with E-state index in [0.717, 1.165) is 5.75 Å². The molecule has 0 bridgehead atoms. The van der Waals surface area contributed by atoms with Crippen LogP contribution in [0.5, 0.6) is 5.75 Å². The van der Waals surface area contributed by atoms with Crippen LogP contribution in [0.3, 0.4) is 0 Å². The summed E-state index contributed by atoms with van der Waals surface area (Å²) in [6.45, 7) is 0. The van der Waals surface area contributed by atoms with Gasteiger partial charge in [0.15, 0.2) is 24.8 Å². The van der Waals surface area contributed by atoms with Crippen molar-refractivity contribution < 1.29 is 57.2 Å². The van der Waals surface area contributed by atoms with E-state index in [9.17, 15) is 52.5 Å². The minimum absolute atomic E-state index is 0.107. The Morgan fingerprint density at radius 1 is 0.658 bits per heavy atom. The van der Waals surface area contributed by atoms with Crippen molar-refractivity contribution in [3.05, 3.63) is 84.9 Å². The molecular formula is C23H17F9O4S2. The number of hydrogen-bond acceptors (Lipinski definition) is 4. The number of halogens is 9. The Morgan fingerprint density at radius 3 is 1.45 bits per heavy atom. The molecule has 0 aromatic heterocycles. The molecule has 3 aromatic rings. The van der Waals surface area contributed by atoms with E-state index in [0.29, 0.717) is 0 Å². The Morgan fingerprint density at radius 2 is 1.08 bits per heavy atom. The molecule has 38 heavy (non-hydrogen) atoms. The smallest absolute Gasteiger partial charge is 0.460 e. The maximum Gasteiger partial charge on any atom is 0.460 e. The zero-order valence-electron chi connectivity index (χ0n) is 18.9. The highest BCUT2D eigenvalue weighted by molar-refractivity contribution is 7.97. The first-order valence-electron chi connectivity index (χ1n) is 10.0. The predicted molar refractivity (Wildman–Crippen MR) is 119 cm³/mol. The molecule has 0 aliphatic rings. The van der Waals surface area contributed by atoms with Gasteiger partial charge in [0, 0.05) is 6.07 Å². The second kappa shape index (κ2) is 11.5. The summed E-state index contributed by atoms with van der Waals surface area (Å²) >= 11 is 0. The van der Waals surface area contributed by atoms with Crippen LogP contribution in [-0.4, -0.2) is 43.4 Å². The minimum Gasteiger partial charge on any atom is -0.743 e. The summed E-state index contributed by atoms with van der Waals surface area (Å²) in [6.07, 6.45) is -7.16. The van der Waals surface area contributed by atoms with Crippen molar-refractivity contribution in [1.82, 2.24) is 0 Å². The Balaban J connectivity index is 0.000000275. The van der Waals surface area contributed by atoms with Crippen molar-refractivity contribution in [3.8, 4) is 5.75 Å². The third kappa shape index (κ3) is 6.38. The third-order valence-corrected chi connectivity index (χ3v) is 7.76. The summed E-state index contributed by atoms with van der Waals surface area (Å²) in [6, 6.07) is 29.6. The number of methoxy groups -OCH3 is 1. The molecule has 0 saturated carbocycles. The molecule has 4 nitrogen and oxygen atoms in total. The van der Waals surface area contributed by atoms with Crippen molar-refractivity contribution in [2.24, 2.45) is 0 Å². The van der Waals surface area contributed by atoms with Crippen molar-refractivity contribution in [2.45, 2.75) is 38.0 Å². The van der Waals surface area contributed by atoms with Gasteiger partial charge in [-0.1, -0.05) is 42.5 Å². The van der Waals surface area contributed by atoms with E-state index in [4.69, 9.17) is 4.74 Å². The summed E-state index contributed by atoms with van der Waals surface area (Å²) in [5.74, 6) is -13.9. The Labute approximate surface area is 214 Å². The molecular weight excluding hydrogens is 575 g/mol. The Bertz CT molecular complexity index is 1260. The van der Waals surface area contributed by atoms with Crippen LogP contribution in [0.2, 0.25) is 0 Å². The summed E-state index contributed by atoms with van der Waals surface area (Å²) < 4.78 is 141. The van der Waals surface area contributed by atoms with Gasteiger partial charge < -0.3 is 9.29 Å². The molecule has 0 N–H and O–H groups in total. The van der Waals surface area contributed by atoms with E-state index >= 15 is 0 Å². The Kier molecular flexibility index (Phi) is 9.44. The number of rotatable bonds is 7. The number of ether oxygens (including phenoxy) is 1. The van der Waals surface area contributed by atoms with Gasteiger partial charge in [-0.3, -0.25) is 0 Å². The summed E-state index contributed by atoms with van der Waals surface area (Å²) in [7, 11) is -5.81. The Hall–Kier alpha value is -2.91. The quantitative estimate of drug-likeness (QED) is 0.173. The molecule has 0 unspecified atom stereocenters. The van der Waals surface area contributed by atoms with Gasteiger partial charge in [0.1, 0.15) is 5.75 Å². The van der Waals surface area contributed by atoms with Crippen LogP contribution in [0.25, 0.3) is 0 Å². The van der Waals surface area contributed by atoms with Crippen LogP contribution < -0.4 is 4.74 Å². The highest BCUT2D eigenvalue weighted by Gasteiger charge is 2.83. The maximum absolute atomic E-state index is 12.2. The van der Waals surface area contributed by atoms with Crippen molar-refractivity contribution in [3.63, 3.8) is 0 Å². The molecule has 0 radical (unpaired) electrons. The average Bonchev–Trinajstić information content (AvgIpc) is 2.84. The van der Waals surface area contributed by atoms with Gasteiger partial charge in [0.05, 0.1) is 18.0 Å². The zero-order chi connectivity index (χ0) is 29.0. The standard InChI is InChI=1S/C19H17OS.C4HF9O3S/c1-20-16-9-8-14-19(15-16)21(17-10-4-2-5-11-17)18-12-6-3-7-13-18;5-1(6,3(9,10)11)2(7,8)4(12,13)17(14,15)16/h2-15H,1H3;(H,14,15,16)/q+1;/p-1. The summed E-state index contributed by atoms with van der Waals surface area (Å²) in [5.41, 5.74) is 0. The lowest BCUT2D eigenvalue weighted by molar-refractivity contribution is -0.382. The van der Waals surface area contributed by atoms with Gasteiger partial charge in [-0.15, -0.1) is 0 Å². The molecule has 208 valence electrons. The molecule has 3 rings (SSSR count). The van der Waals surface area contributed by atoms with Gasteiger partial charge in [-0.05, 0) is 36.4 Å². The summed E-state index contributed by atoms with van der Waals surface area (Å²) in [4.78, 5) is 3.90. The fraction of sp³-hybridized carbons (Fsp3) is 0.217. The zero-order valence-corrected chi connectivity index (χ0v) is 20.6. The molecule has 3 aromatic carbocycles. The fourth-order valence-corrected chi connectivity index (χ4v) is 5.33. The van der Waals surface area contributed by atoms with Crippen molar-refractivity contribution in [1.29, 1.82) is 0 Å². The highest BCUT2D eigenvalue weighted by atomic mass is 32.2. The maximum atomic E-state index is 12.2. The number of hydrogen-bond donors (Lipinski definition) is 0. The van der Waals surface area contributed by atoms with Gasteiger partial charge in [-0.2, -0.15) is 39.5 Å². The van der Waals surface area contributed by atoms with Crippen LogP contribution >= 0.6 is 0 Å². The van der Waals surface area contributed by atoms with E-state index in [-0.39, 0.29) is 10.9 Å². The normalized spacial score (nSPS) is 13.1. The molecule has 0 fully saturated rings. The molecule has 15 heteroatoms. The van der Waals surface area contributed by atoms with Crippen LogP contribution in [0.15, 0.2) is 99.6 Å². The fourth-order valence-electron chi connectivity index (χ4n) is 2.77. The van der Waals surface area contributed by atoms with Gasteiger partial charge in [0.2, 0.25) is 0 Å². The predicted octanol–water partition coefficient (Wildman–Crippen LogP) is 6.75. The molecule has 0 atom stereocenters. The van der Waals surface area contributed by atoms with Gasteiger partial charge in [-0.25, -0.2) is 8.42 Å². The van der Waals surface area contributed by atoms with Crippen LogP contribution in [-0.2, 0) is 21.0 Å². The first-order chi connectivity index (χ1) is 17.4. The minimum atomic E-state index is -7.43. The second-order valence-electron chi connectivity index (χ2n) is 7.23. The molecule has 0 aliphatic carbocycles. The van der Waals surface area contributed by atoms with Crippen molar-refractivity contribution in [2.75, 3.05) is 7.11 Å². The SMILES string of the molecule is COc1cccc([S+](c2ccccc2)c2ccccc2)c1.O=S(=O)([O-])C(F)(F)C(F)(F)C(F)(F)C(F)(F)F. The monoisotopic (exact) mass is 592 g/mol. The second-order valence-corrected chi connectivity index (χ2v) is 10.7.